The van der Waals surface area contributed by atoms with Gasteiger partial charge >= 0.3 is 0 Å². The van der Waals surface area contributed by atoms with Gasteiger partial charge in [-0.1, -0.05) is 36.7 Å². The molecule has 0 saturated carbocycles. The van der Waals surface area contributed by atoms with E-state index in [1.165, 1.54) is 29.2 Å². The van der Waals surface area contributed by atoms with Crippen LogP contribution in [0.15, 0.2) is 71.6 Å². The first-order chi connectivity index (χ1) is 19.4. The lowest BCUT2D eigenvalue weighted by molar-refractivity contribution is -0.140. The number of rotatable bonds is 12. The molecule has 0 bridgehead atoms. The first-order valence-corrected chi connectivity index (χ1v) is 15.3. The Kier molecular flexibility index (Phi) is 10.8. The zero-order chi connectivity index (χ0) is 30.3. The van der Waals surface area contributed by atoms with Crippen molar-refractivity contribution in [2.75, 3.05) is 18.0 Å². The minimum atomic E-state index is -4.17. The predicted molar refractivity (Wildman–Crippen MR) is 163 cm³/mol. The summed E-state index contributed by atoms with van der Waals surface area (Å²) in [6.07, 6.45) is 0.341. The van der Waals surface area contributed by atoms with Crippen molar-refractivity contribution >= 4 is 39.1 Å². The average Bonchev–Trinajstić information content (AvgIpc) is 2.93. The standard InChI is InChI=1S/C31H38ClN3O5S/c1-7-29(31(37)33-21(2)3)34(19-24-9-14-27(40-6)15-10-24)30(36)20-35(26-13-8-22(4)23(5)18-26)41(38,39)28-16-11-25(32)12-17-28/h8-18,21,29H,7,19-20H2,1-6H3,(H,33,37)/t29-/m1/s1. The highest BCUT2D eigenvalue weighted by Crippen LogP contribution is 2.27. The quantitative estimate of drug-likeness (QED) is 0.297. The van der Waals surface area contributed by atoms with Crippen LogP contribution in [0, 0.1) is 13.8 Å². The second-order valence-electron chi connectivity index (χ2n) is 10.2. The zero-order valence-corrected chi connectivity index (χ0v) is 25.9. The number of aryl methyl sites for hydroxylation is 2. The van der Waals surface area contributed by atoms with Crippen molar-refractivity contribution in [2.24, 2.45) is 0 Å². The lowest BCUT2D eigenvalue weighted by Crippen LogP contribution is -2.53. The van der Waals surface area contributed by atoms with Crippen LogP contribution in [-0.4, -0.2) is 50.9 Å². The normalized spacial score (nSPS) is 12.1. The highest BCUT2D eigenvalue weighted by atomic mass is 35.5. The maximum Gasteiger partial charge on any atom is 0.264 e. The SMILES string of the molecule is CC[C@H](C(=O)NC(C)C)N(Cc1ccc(OC)cc1)C(=O)CN(c1ccc(C)c(C)c1)S(=O)(=O)c1ccc(Cl)cc1. The van der Waals surface area contributed by atoms with E-state index in [4.69, 9.17) is 16.3 Å². The first-order valence-electron chi connectivity index (χ1n) is 13.5. The van der Waals surface area contributed by atoms with E-state index in [1.807, 2.05) is 52.8 Å². The van der Waals surface area contributed by atoms with E-state index in [-0.39, 0.29) is 23.4 Å². The largest absolute Gasteiger partial charge is 0.497 e. The van der Waals surface area contributed by atoms with Gasteiger partial charge in [-0.3, -0.25) is 13.9 Å². The van der Waals surface area contributed by atoms with Crippen LogP contribution < -0.4 is 14.4 Å². The molecule has 0 fully saturated rings. The number of amides is 2. The molecule has 220 valence electrons. The van der Waals surface area contributed by atoms with Crippen LogP contribution in [-0.2, 0) is 26.2 Å². The molecule has 0 aromatic heterocycles. The smallest absolute Gasteiger partial charge is 0.264 e. The summed E-state index contributed by atoms with van der Waals surface area (Å²) in [7, 11) is -2.61. The lowest BCUT2D eigenvalue weighted by atomic mass is 10.1. The summed E-state index contributed by atoms with van der Waals surface area (Å²) in [6, 6.07) is 17.3. The van der Waals surface area contributed by atoms with Crippen molar-refractivity contribution in [3.8, 4) is 5.75 Å². The fourth-order valence-electron chi connectivity index (χ4n) is 4.37. The van der Waals surface area contributed by atoms with Crippen LogP contribution in [0.2, 0.25) is 5.02 Å². The van der Waals surface area contributed by atoms with Gasteiger partial charge in [-0.05, 0) is 99.3 Å². The zero-order valence-electron chi connectivity index (χ0n) is 24.3. The molecule has 1 atom stereocenters. The third-order valence-corrected chi connectivity index (χ3v) is 8.83. The molecule has 0 aliphatic heterocycles. The maximum absolute atomic E-state index is 14.1. The van der Waals surface area contributed by atoms with E-state index in [0.29, 0.717) is 22.9 Å². The first kappa shape index (κ1) is 32.0. The van der Waals surface area contributed by atoms with Crippen LogP contribution in [0.1, 0.15) is 43.9 Å². The third kappa shape index (κ3) is 8.01. The Hall–Kier alpha value is -3.56. The molecule has 41 heavy (non-hydrogen) atoms. The number of anilines is 1. The highest BCUT2D eigenvalue weighted by molar-refractivity contribution is 7.92. The van der Waals surface area contributed by atoms with Crippen molar-refractivity contribution in [1.82, 2.24) is 10.2 Å². The fraction of sp³-hybridized carbons (Fsp3) is 0.355. The van der Waals surface area contributed by atoms with Crippen LogP contribution in [0.25, 0.3) is 0 Å². The number of methoxy groups -OCH3 is 1. The highest BCUT2D eigenvalue weighted by Gasteiger charge is 2.34. The number of carbonyl (C=O) groups is 2. The average molecular weight is 600 g/mol. The molecule has 3 aromatic carbocycles. The number of hydrogen-bond acceptors (Lipinski definition) is 5. The van der Waals surface area contributed by atoms with Gasteiger partial charge in [-0.2, -0.15) is 0 Å². The third-order valence-electron chi connectivity index (χ3n) is 6.79. The molecule has 3 rings (SSSR count). The molecular weight excluding hydrogens is 562 g/mol. The van der Waals surface area contributed by atoms with Crippen molar-refractivity contribution in [2.45, 2.75) is 64.6 Å². The van der Waals surface area contributed by atoms with E-state index in [9.17, 15) is 18.0 Å². The molecule has 10 heteroatoms. The predicted octanol–water partition coefficient (Wildman–Crippen LogP) is 5.49. The van der Waals surface area contributed by atoms with Gasteiger partial charge in [0.2, 0.25) is 11.8 Å². The topological polar surface area (TPSA) is 96.0 Å². The number of carbonyl (C=O) groups excluding carboxylic acids is 2. The van der Waals surface area contributed by atoms with Crippen LogP contribution in [0.3, 0.4) is 0 Å². The Morgan fingerprint density at radius 1 is 0.951 bits per heavy atom. The summed E-state index contributed by atoms with van der Waals surface area (Å²) >= 11 is 6.02. The molecule has 0 saturated heterocycles. The summed E-state index contributed by atoms with van der Waals surface area (Å²) in [5, 5.41) is 3.29. The summed E-state index contributed by atoms with van der Waals surface area (Å²) < 4.78 is 34.3. The van der Waals surface area contributed by atoms with Crippen molar-refractivity contribution in [3.05, 3.63) is 88.4 Å². The number of ether oxygens (including phenoxy) is 1. The van der Waals surface area contributed by atoms with E-state index in [1.54, 1.807) is 31.4 Å². The maximum atomic E-state index is 14.1. The Balaban J connectivity index is 2.08. The van der Waals surface area contributed by atoms with Crippen molar-refractivity contribution in [3.63, 3.8) is 0 Å². The Morgan fingerprint density at radius 2 is 1.59 bits per heavy atom. The van der Waals surface area contributed by atoms with E-state index >= 15 is 0 Å². The summed E-state index contributed by atoms with van der Waals surface area (Å²) in [6.45, 7) is 8.93. The number of sulfonamides is 1. The molecule has 0 unspecified atom stereocenters. The van der Waals surface area contributed by atoms with Crippen LogP contribution >= 0.6 is 11.6 Å². The lowest BCUT2D eigenvalue weighted by Gasteiger charge is -2.33. The minimum absolute atomic E-state index is 0.000718. The summed E-state index contributed by atoms with van der Waals surface area (Å²) in [5.74, 6) is -0.156. The van der Waals surface area contributed by atoms with Gasteiger partial charge < -0.3 is 15.0 Å². The number of benzene rings is 3. The Bertz CT molecular complexity index is 1460. The van der Waals surface area contributed by atoms with E-state index in [0.717, 1.165) is 21.0 Å². The molecule has 0 aliphatic rings. The van der Waals surface area contributed by atoms with Crippen LogP contribution in [0.5, 0.6) is 5.75 Å². The van der Waals surface area contributed by atoms with Crippen molar-refractivity contribution < 1.29 is 22.7 Å². The fourth-order valence-corrected chi connectivity index (χ4v) is 5.90. The van der Waals surface area contributed by atoms with Gasteiger partial charge in [0.1, 0.15) is 18.3 Å². The Labute approximate surface area is 248 Å². The van der Waals surface area contributed by atoms with E-state index < -0.39 is 28.5 Å². The number of nitrogens with zero attached hydrogens (tertiary/aromatic N) is 2. The molecule has 1 N–H and O–H groups in total. The number of nitrogens with one attached hydrogen (secondary N) is 1. The molecule has 8 nitrogen and oxygen atoms in total. The second kappa shape index (κ2) is 13.9. The second-order valence-corrected chi connectivity index (χ2v) is 12.5. The minimum Gasteiger partial charge on any atom is -0.497 e. The molecule has 0 aliphatic carbocycles. The Morgan fingerprint density at radius 3 is 2.12 bits per heavy atom. The van der Waals surface area contributed by atoms with Gasteiger partial charge in [0.15, 0.2) is 0 Å². The molecule has 2 amide bonds. The molecular formula is C31H38ClN3O5S. The van der Waals surface area contributed by atoms with Crippen molar-refractivity contribution in [1.29, 1.82) is 0 Å². The molecule has 3 aromatic rings. The van der Waals surface area contributed by atoms with Crippen LogP contribution in [0.4, 0.5) is 5.69 Å². The number of halogens is 1. The van der Waals surface area contributed by atoms with Gasteiger partial charge in [-0.25, -0.2) is 8.42 Å². The van der Waals surface area contributed by atoms with Gasteiger partial charge in [0, 0.05) is 17.6 Å². The van der Waals surface area contributed by atoms with Gasteiger partial charge in [0.25, 0.3) is 10.0 Å². The molecule has 0 spiro atoms. The molecule has 0 heterocycles. The summed E-state index contributed by atoms with van der Waals surface area (Å²) in [5.41, 5.74) is 2.99. The monoisotopic (exact) mass is 599 g/mol. The van der Waals surface area contributed by atoms with Gasteiger partial charge in [0.05, 0.1) is 17.7 Å². The molecule has 0 radical (unpaired) electrons. The number of hydrogen-bond donors (Lipinski definition) is 1. The van der Waals surface area contributed by atoms with E-state index in [2.05, 4.69) is 5.32 Å². The van der Waals surface area contributed by atoms with Gasteiger partial charge in [-0.15, -0.1) is 0 Å². The summed E-state index contributed by atoms with van der Waals surface area (Å²) in [4.78, 5) is 28.8.